The summed E-state index contributed by atoms with van der Waals surface area (Å²) >= 11 is 0. The Morgan fingerprint density at radius 3 is 1.22 bits per heavy atom. The minimum Gasteiger partial charge on any atom is -0.266 e. The molecule has 0 aromatic heterocycles. The summed E-state index contributed by atoms with van der Waals surface area (Å²) in [6, 6.07) is 0. The second-order valence-electron chi connectivity index (χ2n) is 2.86. The maximum atomic E-state index is 11.7. The molecule has 0 N–H and O–H groups in total. The van der Waals surface area contributed by atoms with Gasteiger partial charge in [-0.3, -0.25) is 8.37 Å². The van der Waals surface area contributed by atoms with E-state index in [1.807, 2.05) is 0 Å². The third-order valence-corrected chi connectivity index (χ3v) is 3.33. The van der Waals surface area contributed by atoms with Gasteiger partial charge < -0.3 is 0 Å². The highest BCUT2D eigenvalue weighted by Crippen LogP contribution is 2.10. The maximum absolute atomic E-state index is 11.7. The third-order valence-electron chi connectivity index (χ3n) is 1.47. The summed E-state index contributed by atoms with van der Waals surface area (Å²) in [6.45, 7) is -1.24. The molecule has 0 atom stereocenters. The van der Waals surface area contributed by atoms with Crippen LogP contribution in [0.25, 0.3) is 0 Å². The zero-order chi connectivity index (χ0) is 14.4. The highest BCUT2D eigenvalue weighted by molar-refractivity contribution is 7.87. The van der Waals surface area contributed by atoms with Crippen LogP contribution in [0, 0.1) is 0 Å². The van der Waals surface area contributed by atoms with E-state index in [-0.39, 0.29) is 12.8 Å². The number of hydrogen-bond donors (Lipinski definition) is 0. The summed E-state index contributed by atoms with van der Waals surface area (Å²) in [5, 5.41) is 0. The lowest BCUT2D eigenvalue weighted by Gasteiger charge is -2.05. The first kappa shape index (κ1) is 17.5. The molecule has 0 unspecified atom stereocenters. The SMILES string of the molecule is O=S(=O)(OCCCCOS(=O)(=O)C(F)F)C(F)F. The van der Waals surface area contributed by atoms with Gasteiger partial charge in [-0.15, -0.1) is 0 Å². The number of alkyl halides is 4. The maximum Gasteiger partial charge on any atom is 0.361 e. The molecule has 0 aromatic rings. The van der Waals surface area contributed by atoms with Crippen LogP contribution in [0.15, 0.2) is 0 Å². The molecular formula is C6H10F4O6S2. The average molecular weight is 318 g/mol. The molecule has 0 aliphatic heterocycles. The van der Waals surface area contributed by atoms with Crippen LogP contribution in [0.1, 0.15) is 12.8 Å². The van der Waals surface area contributed by atoms with E-state index in [9.17, 15) is 34.4 Å². The zero-order valence-corrected chi connectivity index (χ0v) is 10.4. The monoisotopic (exact) mass is 318 g/mol. The Balaban J connectivity index is 3.78. The van der Waals surface area contributed by atoms with Crippen LogP contribution in [-0.4, -0.2) is 41.6 Å². The molecular weight excluding hydrogens is 308 g/mol. The molecule has 110 valence electrons. The fourth-order valence-corrected chi connectivity index (χ4v) is 1.56. The Hall–Kier alpha value is -0.460. The van der Waals surface area contributed by atoms with E-state index in [0.29, 0.717) is 0 Å². The fraction of sp³-hybridized carbons (Fsp3) is 1.00. The van der Waals surface area contributed by atoms with Gasteiger partial charge in [-0.2, -0.15) is 34.4 Å². The summed E-state index contributed by atoms with van der Waals surface area (Å²) in [7, 11) is -9.88. The molecule has 0 spiro atoms. The molecule has 0 bridgehead atoms. The van der Waals surface area contributed by atoms with E-state index in [4.69, 9.17) is 0 Å². The molecule has 0 heterocycles. The van der Waals surface area contributed by atoms with Crippen LogP contribution < -0.4 is 0 Å². The molecule has 0 saturated carbocycles. The lowest BCUT2D eigenvalue weighted by Crippen LogP contribution is -2.17. The van der Waals surface area contributed by atoms with Crippen molar-refractivity contribution in [3.8, 4) is 0 Å². The van der Waals surface area contributed by atoms with Gasteiger partial charge in [-0.1, -0.05) is 0 Å². The first-order valence-corrected chi connectivity index (χ1v) is 7.36. The lowest BCUT2D eigenvalue weighted by molar-refractivity contribution is 0.185. The van der Waals surface area contributed by atoms with Crippen LogP contribution in [0.4, 0.5) is 17.6 Å². The van der Waals surface area contributed by atoms with Crippen LogP contribution in [0.2, 0.25) is 0 Å². The van der Waals surface area contributed by atoms with Crippen molar-refractivity contribution in [2.24, 2.45) is 0 Å². The third kappa shape index (κ3) is 6.47. The Labute approximate surface area is 101 Å². The van der Waals surface area contributed by atoms with Gasteiger partial charge in [0.1, 0.15) is 0 Å². The summed E-state index contributed by atoms with van der Waals surface area (Å²) in [5.41, 5.74) is 0. The van der Waals surface area contributed by atoms with Crippen molar-refractivity contribution in [2.45, 2.75) is 24.4 Å². The molecule has 0 rings (SSSR count). The quantitative estimate of drug-likeness (QED) is 0.357. The topological polar surface area (TPSA) is 86.7 Å². The minimum atomic E-state index is -4.94. The standard InChI is InChI=1S/C6H10F4O6S2/c7-5(8)17(11,12)15-3-1-2-4-16-18(13,14)6(9)10/h5-6H,1-4H2. The van der Waals surface area contributed by atoms with Crippen molar-refractivity contribution in [2.75, 3.05) is 13.2 Å². The predicted octanol–water partition coefficient (Wildman–Crippen LogP) is 0.905. The summed E-state index contributed by atoms with van der Waals surface area (Å²) in [6.07, 6.45) is -0.296. The first-order valence-electron chi connectivity index (χ1n) is 4.42. The number of hydrogen-bond acceptors (Lipinski definition) is 6. The first-order chi connectivity index (χ1) is 8.09. The van der Waals surface area contributed by atoms with Crippen molar-refractivity contribution in [3.63, 3.8) is 0 Å². The van der Waals surface area contributed by atoms with Crippen molar-refractivity contribution >= 4 is 20.2 Å². The zero-order valence-electron chi connectivity index (χ0n) is 8.76. The Kier molecular flexibility index (Phi) is 7.02. The van der Waals surface area contributed by atoms with E-state index >= 15 is 0 Å². The number of halogens is 4. The molecule has 0 aliphatic rings. The van der Waals surface area contributed by atoms with Gasteiger partial charge in [0.25, 0.3) is 0 Å². The second kappa shape index (κ2) is 7.21. The molecule has 0 aliphatic carbocycles. The Bertz CT molecular complexity index is 389. The molecule has 0 fully saturated rings. The molecule has 6 nitrogen and oxygen atoms in total. The van der Waals surface area contributed by atoms with E-state index < -0.39 is 45.0 Å². The molecule has 18 heavy (non-hydrogen) atoms. The normalized spacial score (nSPS) is 13.4. The van der Waals surface area contributed by atoms with Crippen LogP contribution in [-0.2, 0) is 28.6 Å². The fourth-order valence-electron chi connectivity index (χ4n) is 0.657. The van der Waals surface area contributed by atoms with Gasteiger partial charge in [0.2, 0.25) is 0 Å². The highest BCUT2D eigenvalue weighted by Gasteiger charge is 2.25. The number of unbranched alkanes of at least 4 members (excludes halogenated alkanes) is 1. The highest BCUT2D eigenvalue weighted by atomic mass is 32.2. The van der Waals surface area contributed by atoms with Crippen molar-refractivity contribution in [3.05, 3.63) is 0 Å². The van der Waals surface area contributed by atoms with Gasteiger partial charge in [0.15, 0.2) is 0 Å². The largest absolute Gasteiger partial charge is 0.361 e. The van der Waals surface area contributed by atoms with Gasteiger partial charge in [-0.05, 0) is 12.8 Å². The smallest absolute Gasteiger partial charge is 0.266 e. The van der Waals surface area contributed by atoms with E-state index in [0.717, 1.165) is 0 Å². The van der Waals surface area contributed by atoms with Crippen molar-refractivity contribution in [1.29, 1.82) is 0 Å². The van der Waals surface area contributed by atoms with E-state index in [1.54, 1.807) is 0 Å². The Morgan fingerprint density at radius 1 is 0.722 bits per heavy atom. The van der Waals surface area contributed by atoms with Crippen LogP contribution in [0.5, 0.6) is 0 Å². The lowest BCUT2D eigenvalue weighted by atomic mass is 10.3. The minimum absolute atomic E-state index is 0.148. The molecule has 0 saturated heterocycles. The summed E-state index contributed by atoms with van der Waals surface area (Å²) < 4.78 is 96.3. The van der Waals surface area contributed by atoms with Crippen molar-refractivity contribution in [1.82, 2.24) is 0 Å². The van der Waals surface area contributed by atoms with Gasteiger partial charge >= 0.3 is 31.8 Å². The van der Waals surface area contributed by atoms with Crippen LogP contribution in [0.3, 0.4) is 0 Å². The van der Waals surface area contributed by atoms with E-state index in [2.05, 4.69) is 8.37 Å². The molecule has 0 amide bonds. The Morgan fingerprint density at radius 2 is 1.00 bits per heavy atom. The number of rotatable bonds is 9. The van der Waals surface area contributed by atoms with E-state index in [1.165, 1.54) is 0 Å². The molecule has 0 radical (unpaired) electrons. The molecule has 0 aromatic carbocycles. The van der Waals surface area contributed by atoms with Crippen molar-refractivity contribution < 1.29 is 42.8 Å². The summed E-state index contributed by atoms with van der Waals surface area (Å²) in [4.78, 5) is 0. The molecule has 12 heteroatoms. The average Bonchev–Trinajstić information content (AvgIpc) is 2.22. The van der Waals surface area contributed by atoms with Gasteiger partial charge in [0.05, 0.1) is 13.2 Å². The van der Waals surface area contributed by atoms with Gasteiger partial charge in [0, 0.05) is 0 Å². The van der Waals surface area contributed by atoms with Gasteiger partial charge in [-0.25, -0.2) is 0 Å². The predicted molar refractivity (Wildman–Crippen MR) is 51.0 cm³/mol. The van der Waals surface area contributed by atoms with Crippen LogP contribution >= 0.6 is 0 Å². The summed E-state index contributed by atoms with van der Waals surface area (Å²) in [5.74, 6) is -7.35. The second-order valence-corrected chi connectivity index (χ2v) is 6.01.